The van der Waals surface area contributed by atoms with Gasteiger partial charge in [0.1, 0.15) is 0 Å². The molecule has 2 N–H and O–H groups in total. The van der Waals surface area contributed by atoms with E-state index in [4.69, 9.17) is 0 Å². The molecule has 23 heavy (non-hydrogen) atoms. The van der Waals surface area contributed by atoms with E-state index in [2.05, 4.69) is 31.4 Å². The lowest BCUT2D eigenvalue weighted by atomic mass is 9.87. The smallest absolute Gasteiger partial charge is 0.314 e. The number of carbonyl (C=O) groups is 1. The number of benzene rings is 2. The molecule has 120 valence electrons. The monoisotopic (exact) mass is 308 g/mol. The summed E-state index contributed by atoms with van der Waals surface area (Å²) in [7, 11) is 0. The third-order valence-electron chi connectivity index (χ3n) is 3.58. The number of nitrogens with one attached hydrogen (secondary N) is 2. The molecular formula is C20H24N2O. The van der Waals surface area contributed by atoms with E-state index >= 15 is 0 Å². The quantitative estimate of drug-likeness (QED) is 0.815. The highest BCUT2D eigenvalue weighted by Crippen LogP contribution is 2.23. The number of hydrogen-bond donors (Lipinski definition) is 2. The molecule has 0 aliphatic carbocycles. The van der Waals surface area contributed by atoms with Crippen LogP contribution in [0.4, 0.5) is 10.5 Å². The molecule has 0 aliphatic rings. The SMILES string of the molecule is Cc1ccc(/C=C/NC(=O)Nc2ccc(C(C)(C)C)cc2)cc1. The molecule has 0 atom stereocenters. The molecule has 0 fully saturated rings. The molecule has 2 rings (SSSR count). The van der Waals surface area contributed by atoms with Gasteiger partial charge in [-0.1, -0.05) is 62.7 Å². The van der Waals surface area contributed by atoms with Gasteiger partial charge in [-0.2, -0.15) is 0 Å². The number of anilines is 1. The van der Waals surface area contributed by atoms with Crippen molar-refractivity contribution in [3.05, 3.63) is 71.4 Å². The van der Waals surface area contributed by atoms with E-state index < -0.39 is 0 Å². The fraction of sp³-hybridized carbons (Fsp3) is 0.250. The molecule has 0 aromatic heterocycles. The molecule has 0 heterocycles. The van der Waals surface area contributed by atoms with Crippen molar-refractivity contribution in [2.75, 3.05) is 5.32 Å². The Morgan fingerprint density at radius 2 is 1.57 bits per heavy atom. The largest absolute Gasteiger partial charge is 0.323 e. The second kappa shape index (κ2) is 7.14. The molecule has 0 saturated heterocycles. The Morgan fingerprint density at radius 1 is 0.957 bits per heavy atom. The number of carbonyl (C=O) groups excluding carboxylic acids is 1. The van der Waals surface area contributed by atoms with Gasteiger partial charge in [-0.3, -0.25) is 0 Å². The zero-order valence-corrected chi connectivity index (χ0v) is 14.2. The van der Waals surface area contributed by atoms with Crippen LogP contribution in [0, 0.1) is 6.92 Å². The molecule has 2 aromatic rings. The van der Waals surface area contributed by atoms with Gasteiger partial charge in [0.15, 0.2) is 0 Å². The van der Waals surface area contributed by atoms with Crippen LogP contribution >= 0.6 is 0 Å². The van der Waals surface area contributed by atoms with Crippen LogP contribution in [0.5, 0.6) is 0 Å². The van der Waals surface area contributed by atoms with Crippen LogP contribution in [-0.2, 0) is 5.41 Å². The second-order valence-electron chi connectivity index (χ2n) is 6.67. The third-order valence-corrected chi connectivity index (χ3v) is 3.58. The first-order chi connectivity index (χ1) is 10.8. The van der Waals surface area contributed by atoms with Crippen LogP contribution in [0.1, 0.15) is 37.5 Å². The summed E-state index contributed by atoms with van der Waals surface area (Å²) in [6.45, 7) is 8.54. The Bertz CT molecular complexity index is 677. The van der Waals surface area contributed by atoms with Gasteiger partial charge in [0.25, 0.3) is 0 Å². The van der Waals surface area contributed by atoms with Crippen LogP contribution in [-0.4, -0.2) is 6.03 Å². The van der Waals surface area contributed by atoms with Crippen molar-refractivity contribution in [2.24, 2.45) is 0 Å². The highest BCUT2D eigenvalue weighted by Gasteiger charge is 2.12. The van der Waals surface area contributed by atoms with E-state index in [0.717, 1.165) is 11.3 Å². The topological polar surface area (TPSA) is 41.1 Å². The Labute approximate surface area is 138 Å². The average molecular weight is 308 g/mol. The van der Waals surface area contributed by atoms with E-state index in [-0.39, 0.29) is 11.4 Å². The fourth-order valence-electron chi connectivity index (χ4n) is 2.11. The van der Waals surface area contributed by atoms with E-state index in [0.29, 0.717) is 0 Å². The maximum absolute atomic E-state index is 11.9. The average Bonchev–Trinajstić information content (AvgIpc) is 2.49. The fourth-order valence-corrected chi connectivity index (χ4v) is 2.11. The first-order valence-electron chi connectivity index (χ1n) is 7.76. The second-order valence-corrected chi connectivity index (χ2v) is 6.67. The maximum Gasteiger partial charge on any atom is 0.323 e. The summed E-state index contributed by atoms with van der Waals surface area (Å²) in [5, 5.41) is 5.52. The van der Waals surface area contributed by atoms with Crippen molar-refractivity contribution in [1.82, 2.24) is 5.32 Å². The van der Waals surface area contributed by atoms with Gasteiger partial charge in [0.2, 0.25) is 0 Å². The summed E-state index contributed by atoms with van der Waals surface area (Å²) in [5.41, 5.74) is 4.39. The zero-order chi connectivity index (χ0) is 16.9. The predicted octanol–water partition coefficient (Wildman–Crippen LogP) is 5.08. The van der Waals surface area contributed by atoms with Crippen molar-refractivity contribution < 1.29 is 4.79 Å². The van der Waals surface area contributed by atoms with Crippen molar-refractivity contribution in [3.8, 4) is 0 Å². The minimum absolute atomic E-state index is 0.109. The Hall–Kier alpha value is -2.55. The van der Waals surface area contributed by atoms with Gasteiger partial charge >= 0.3 is 6.03 Å². The first-order valence-corrected chi connectivity index (χ1v) is 7.76. The number of hydrogen-bond acceptors (Lipinski definition) is 1. The molecule has 3 heteroatoms. The van der Waals surface area contributed by atoms with Crippen molar-refractivity contribution in [2.45, 2.75) is 33.1 Å². The highest BCUT2D eigenvalue weighted by atomic mass is 16.2. The predicted molar refractivity (Wildman–Crippen MR) is 97.5 cm³/mol. The van der Waals surface area contributed by atoms with Gasteiger partial charge in [0.05, 0.1) is 0 Å². The van der Waals surface area contributed by atoms with Crippen LogP contribution in [0.25, 0.3) is 6.08 Å². The summed E-state index contributed by atoms with van der Waals surface area (Å²) in [5.74, 6) is 0. The summed E-state index contributed by atoms with van der Waals surface area (Å²) in [4.78, 5) is 11.9. The highest BCUT2D eigenvalue weighted by molar-refractivity contribution is 5.90. The number of aryl methyl sites for hydroxylation is 1. The molecule has 3 nitrogen and oxygen atoms in total. The molecule has 0 saturated carbocycles. The molecule has 0 unspecified atom stereocenters. The normalized spacial score (nSPS) is 11.5. The van der Waals surface area contributed by atoms with Gasteiger partial charge in [-0.15, -0.1) is 0 Å². The van der Waals surface area contributed by atoms with Gasteiger partial charge in [0, 0.05) is 11.9 Å². The third kappa shape index (κ3) is 5.29. The first kappa shape index (κ1) is 16.8. The Morgan fingerprint density at radius 3 is 2.13 bits per heavy atom. The summed E-state index contributed by atoms with van der Waals surface area (Å²) in [6.07, 6.45) is 3.51. The molecule has 2 aromatic carbocycles. The van der Waals surface area contributed by atoms with Crippen LogP contribution in [0.15, 0.2) is 54.7 Å². The molecule has 2 amide bonds. The summed E-state index contributed by atoms with van der Waals surface area (Å²) in [6, 6.07) is 15.8. The molecule has 0 aliphatic heterocycles. The standard InChI is InChI=1S/C20H24N2O/c1-15-5-7-16(8-6-15)13-14-21-19(23)22-18-11-9-17(10-12-18)20(2,3)4/h5-14H,1-4H3,(H2,21,22,23)/b14-13+. The molecular weight excluding hydrogens is 284 g/mol. The number of amides is 2. The van der Waals surface area contributed by atoms with E-state index in [1.807, 2.05) is 61.5 Å². The number of rotatable bonds is 3. The summed E-state index contributed by atoms with van der Waals surface area (Å²) < 4.78 is 0. The summed E-state index contributed by atoms with van der Waals surface area (Å²) >= 11 is 0. The van der Waals surface area contributed by atoms with Crippen molar-refractivity contribution in [1.29, 1.82) is 0 Å². The van der Waals surface area contributed by atoms with Crippen molar-refractivity contribution >= 4 is 17.8 Å². The van der Waals surface area contributed by atoms with E-state index in [9.17, 15) is 4.79 Å². The van der Waals surface area contributed by atoms with Gasteiger partial charge in [-0.05, 0) is 41.7 Å². The Balaban J connectivity index is 1.88. The maximum atomic E-state index is 11.9. The lowest BCUT2D eigenvalue weighted by molar-refractivity contribution is 0.255. The zero-order valence-electron chi connectivity index (χ0n) is 14.2. The lowest BCUT2D eigenvalue weighted by Gasteiger charge is -2.19. The van der Waals surface area contributed by atoms with E-state index in [1.54, 1.807) is 6.20 Å². The van der Waals surface area contributed by atoms with Crippen molar-refractivity contribution in [3.63, 3.8) is 0 Å². The molecule has 0 radical (unpaired) electrons. The van der Waals surface area contributed by atoms with Gasteiger partial charge < -0.3 is 10.6 Å². The van der Waals surface area contributed by atoms with Gasteiger partial charge in [-0.25, -0.2) is 4.79 Å². The number of urea groups is 1. The van der Waals surface area contributed by atoms with Crippen LogP contribution in [0.2, 0.25) is 0 Å². The van der Waals surface area contributed by atoms with Crippen LogP contribution < -0.4 is 10.6 Å². The Kier molecular flexibility index (Phi) is 5.22. The molecule has 0 bridgehead atoms. The molecule has 0 spiro atoms. The minimum Gasteiger partial charge on any atom is -0.314 e. The minimum atomic E-state index is -0.253. The van der Waals surface area contributed by atoms with E-state index in [1.165, 1.54) is 11.1 Å². The van der Waals surface area contributed by atoms with Crippen LogP contribution in [0.3, 0.4) is 0 Å². The lowest BCUT2D eigenvalue weighted by Crippen LogP contribution is -2.23.